The van der Waals surface area contributed by atoms with Crippen molar-refractivity contribution < 1.29 is 9.59 Å². The fraction of sp³-hybridized carbons (Fsp3) is 0.143. The monoisotopic (exact) mass is 244 g/mol. The summed E-state index contributed by atoms with van der Waals surface area (Å²) >= 11 is 5.87. The van der Waals surface area contributed by atoms with Crippen molar-refractivity contribution in [1.29, 1.82) is 0 Å². The standard InChI is InChI=1S/C14H9ClO2/c15-8-5-6-11-12(7-8)14(17)10-4-2-1-3-9(10)13(11)16/h1-7,9-10H/t9-,10-/m1/s1. The minimum absolute atomic E-state index is 0.00173. The van der Waals surface area contributed by atoms with Gasteiger partial charge in [0.25, 0.3) is 0 Å². The predicted octanol–water partition coefficient (Wildman–Crippen LogP) is 3.08. The molecule has 0 saturated heterocycles. The average molecular weight is 245 g/mol. The van der Waals surface area contributed by atoms with Crippen molar-refractivity contribution in [1.82, 2.24) is 0 Å². The number of halogens is 1. The highest BCUT2D eigenvalue weighted by Crippen LogP contribution is 2.34. The minimum atomic E-state index is -0.363. The second-order valence-electron chi connectivity index (χ2n) is 4.24. The Kier molecular flexibility index (Phi) is 2.26. The number of hydrogen-bond acceptors (Lipinski definition) is 2. The van der Waals surface area contributed by atoms with E-state index < -0.39 is 0 Å². The molecule has 84 valence electrons. The fourth-order valence-electron chi connectivity index (χ4n) is 2.40. The summed E-state index contributed by atoms with van der Waals surface area (Å²) in [5.74, 6) is -0.728. The molecule has 0 aliphatic heterocycles. The van der Waals surface area contributed by atoms with Crippen LogP contribution in [0.25, 0.3) is 0 Å². The van der Waals surface area contributed by atoms with Crippen LogP contribution in [0.4, 0.5) is 0 Å². The lowest BCUT2D eigenvalue weighted by molar-refractivity contribution is 0.0801. The van der Waals surface area contributed by atoms with E-state index in [0.29, 0.717) is 16.1 Å². The predicted molar refractivity (Wildman–Crippen MR) is 65.4 cm³/mol. The molecule has 3 rings (SSSR count). The summed E-state index contributed by atoms with van der Waals surface area (Å²) in [7, 11) is 0. The molecule has 2 nitrogen and oxygen atoms in total. The zero-order valence-corrected chi connectivity index (χ0v) is 9.65. The highest BCUT2D eigenvalue weighted by atomic mass is 35.5. The fourth-order valence-corrected chi connectivity index (χ4v) is 2.57. The van der Waals surface area contributed by atoms with E-state index in [1.807, 2.05) is 12.2 Å². The Morgan fingerprint density at radius 3 is 2.12 bits per heavy atom. The molecule has 1 aromatic carbocycles. The van der Waals surface area contributed by atoms with E-state index >= 15 is 0 Å². The second-order valence-corrected chi connectivity index (χ2v) is 4.68. The normalized spacial score (nSPS) is 25.7. The van der Waals surface area contributed by atoms with Crippen LogP contribution >= 0.6 is 11.6 Å². The quantitative estimate of drug-likeness (QED) is 0.703. The molecule has 0 bridgehead atoms. The molecular weight excluding hydrogens is 236 g/mol. The highest BCUT2D eigenvalue weighted by molar-refractivity contribution is 6.31. The van der Waals surface area contributed by atoms with Gasteiger partial charge >= 0.3 is 0 Å². The average Bonchev–Trinajstić information content (AvgIpc) is 2.36. The summed E-state index contributed by atoms with van der Waals surface area (Å²) in [4.78, 5) is 24.5. The molecule has 0 heterocycles. The van der Waals surface area contributed by atoms with Gasteiger partial charge in [-0.25, -0.2) is 0 Å². The number of hydrogen-bond donors (Lipinski definition) is 0. The smallest absolute Gasteiger partial charge is 0.171 e. The molecule has 17 heavy (non-hydrogen) atoms. The van der Waals surface area contributed by atoms with E-state index in [9.17, 15) is 9.59 Å². The number of allylic oxidation sites excluding steroid dienone is 4. The molecule has 0 amide bonds. The van der Waals surface area contributed by atoms with Gasteiger partial charge in [0.2, 0.25) is 0 Å². The van der Waals surface area contributed by atoms with Gasteiger partial charge in [-0.2, -0.15) is 0 Å². The Hall–Kier alpha value is -1.67. The molecule has 0 aromatic heterocycles. The van der Waals surface area contributed by atoms with Crippen LogP contribution in [-0.2, 0) is 0 Å². The number of Topliss-reactive ketones (excluding diaryl/α,β-unsaturated/α-hetero) is 2. The van der Waals surface area contributed by atoms with Crippen LogP contribution in [0.1, 0.15) is 20.7 Å². The van der Waals surface area contributed by atoms with Gasteiger partial charge in [0.1, 0.15) is 0 Å². The molecule has 2 aliphatic rings. The van der Waals surface area contributed by atoms with Gasteiger partial charge in [0.05, 0.1) is 11.8 Å². The Bertz CT molecular complexity index is 584. The third-order valence-electron chi connectivity index (χ3n) is 3.25. The first-order chi connectivity index (χ1) is 8.18. The molecule has 1 aromatic rings. The Morgan fingerprint density at radius 1 is 0.882 bits per heavy atom. The van der Waals surface area contributed by atoms with Crippen molar-refractivity contribution in [2.45, 2.75) is 0 Å². The van der Waals surface area contributed by atoms with Gasteiger partial charge in [-0.1, -0.05) is 35.9 Å². The Balaban J connectivity index is 2.21. The minimum Gasteiger partial charge on any atom is -0.293 e. The van der Waals surface area contributed by atoms with Crippen molar-refractivity contribution >= 4 is 23.2 Å². The summed E-state index contributed by atoms with van der Waals surface area (Å²) in [6.45, 7) is 0. The van der Waals surface area contributed by atoms with Crippen molar-refractivity contribution in [2.75, 3.05) is 0 Å². The molecule has 0 unspecified atom stereocenters. The lowest BCUT2D eigenvalue weighted by Gasteiger charge is -2.28. The van der Waals surface area contributed by atoms with Gasteiger partial charge in [0.15, 0.2) is 11.6 Å². The lowest BCUT2D eigenvalue weighted by atomic mass is 9.72. The number of fused-ring (bicyclic) bond motifs is 2. The largest absolute Gasteiger partial charge is 0.293 e. The van der Waals surface area contributed by atoms with E-state index in [1.54, 1.807) is 30.4 Å². The number of rotatable bonds is 0. The Morgan fingerprint density at radius 2 is 1.47 bits per heavy atom. The van der Waals surface area contributed by atoms with Crippen LogP contribution < -0.4 is 0 Å². The molecule has 0 fully saturated rings. The SMILES string of the molecule is O=C1c2ccc(Cl)cc2C(=O)[C@@H]2C=CC=C[C@@H]12. The molecule has 0 N–H and O–H groups in total. The van der Waals surface area contributed by atoms with Crippen LogP contribution in [-0.4, -0.2) is 11.6 Å². The first-order valence-corrected chi connectivity index (χ1v) is 5.79. The topological polar surface area (TPSA) is 34.1 Å². The number of carbonyl (C=O) groups is 2. The van der Waals surface area contributed by atoms with E-state index in [1.165, 1.54) is 0 Å². The van der Waals surface area contributed by atoms with Gasteiger partial charge in [0, 0.05) is 16.1 Å². The van der Waals surface area contributed by atoms with Crippen LogP contribution in [0.2, 0.25) is 5.02 Å². The van der Waals surface area contributed by atoms with Gasteiger partial charge < -0.3 is 0 Å². The maximum atomic E-state index is 12.3. The van der Waals surface area contributed by atoms with Crippen LogP contribution in [0, 0.1) is 11.8 Å². The van der Waals surface area contributed by atoms with Crippen molar-refractivity contribution in [2.24, 2.45) is 11.8 Å². The van der Waals surface area contributed by atoms with E-state index in [-0.39, 0.29) is 23.4 Å². The summed E-state index contributed by atoms with van der Waals surface area (Å²) in [6, 6.07) is 4.87. The van der Waals surface area contributed by atoms with E-state index in [4.69, 9.17) is 11.6 Å². The van der Waals surface area contributed by atoms with Crippen LogP contribution in [0.5, 0.6) is 0 Å². The van der Waals surface area contributed by atoms with Gasteiger partial charge in [-0.05, 0) is 18.2 Å². The van der Waals surface area contributed by atoms with Crippen molar-refractivity contribution in [3.8, 4) is 0 Å². The molecule has 0 spiro atoms. The maximum Gasteiger partial charge on any atom is 0.171 e. The Labute approximate surface area is 104 Å². The summed E-state index contributed by atoms with van der Waals surface area (Å²) in [5, 5.41) is 0.485. The molecule has 0 saturated carbocycles. The molecule has 0 radical (unpaired) electrons. The molecular formula is C14H9ClO2. The number of benzene rings is 1. The summed E-state index contributed by atoms with van der Waals surface area (Å²) in [5.41, 5.74) is 0.935. The molecule has 3 heteroatoms. The summed E-state index contributed by atoms with van der Waals surface area (Å²) in [6.07, 6.45) is 7.20. The zero-order chi connectivity index (χ0) is 12.0. The zero-order valence-electron chi connectivity index (χ0n) is 8.89. The number of carbonyl (C=O) groups excluding carboxylic acids is 2. The van der Waals surface area contributed by atoms with E-state index in [2.05, 4.69) is 0 Å². The van der Waals surface area contributed by atoms with Crippen LogP contribution in [0.3, 0.4) is 0 Å². The first kappa shape index (κ1) is 10.5. The molecule has 2 atom stereocenters. The van der Waals surface area contributed by atoms with Gasteiger partial charge in [-0.15, -0.1) is 0 Å². The third kappa shape index (κ3) is 1.48. The summed E-state index contributed by atoms with van der Waals surface area (Å²) < 4.78 is 0. The molecule has 2 aliphatic carbocycles. The third-order valence-corrected chi connectivity index (χ3v) is 3.49. The lowest BCUT2D eigenvalue weighted by Crippen LogP contribution is -2.35. The first-order valence-electron chi connectivity index (χ1n) is 5.41. The van der Waals surface area contributed by atoms with E-state index in [0.717, 1.165) is 0 Å². The maximum absolute atomic E-state index is 12.3. The highest BCUT2D eigenvalue weighted by Gasteiger charge is 2.39. The van der Waals surface area contributed by atoms with Crippen molar-refractivity contribution in [3.05, 3.63) is 58.7 Å². The van der Waals surface area contributed by atoms with Crippen molar-refractivity contribution in [3.63, 3.8) is 0 Å². The number of ketones is 2. The van der Waals surface area contributed by atoms with Crippen LogP contribution in [0.15, 0.2) is 42.5 Å². The second kappa shape index (κ2) is 3.67. The van der Waals surface area contributed by atoms with Gasteiger partial charge in [-0.3, -0.25) is 9.59 Å².